The van der Waals surface area contributed by atoms with Crippen molar-refractivity contribution in [2.24, 2.45) is 0 Å². The molecule has 0 fully saturated rings. The molecule has 0 atom stereocenters. The summed E-state index contributed by atoms with van der Waals surface area (Å²) in [6.07, 6.45) is 0. The van der Waals surface area contributed by atoms with Crippen molar-refractivity contribution in [1.82, 2.24) is 10.2 Å². The first-order valence-corrected chi connectivity index (χ1v) is 9.56. The molecule has 2 aromatic carbocycles. The SMILES string of the molecule is O=C(Nc1nnc(CSCc2ccccc2)s1)c1ccc(Cl)cc1. The Labute approximate surface area is 153 Å². The summed E-state index contributed by atoms with van der Waals surface area (Å²) in [5, 5.41) is 12.9. The van der Waals surface area contributed by atoms with Gasteiger partial charge in [0, 0.05) is 22.1 Å². The van der Waals surface area contributed by atoms with E-state index in [1.165, 1.54) is 16.9 Å². The maximum Gasteiger partial charge on any atom is 0.257 e. The van der Waals surface area contributed by atoms with Crippen LogP contribution in [0.3, 0.4) is 0 Å². The van der Waals surface area contributed by atoms with Crippen molar-refractivity contribution in [2.45, 2.75) is 11.5 Å². The predicted octanol–water partition coefficient (Wildman–Crippen LogP) is 4.88. The van der Waals surface area contributed by atoms with Crippen LogP contribution in [-0.2, 0) is 11.5 Å². The lowest BCUT2D eigenvalue weighted by Crippen LogP contribution is -2.11. The highest BCUT2D eigenvalue weighted by atomic mass is 35.5. The first kappa shape index (κ1) is 17.0. The van der Waals surface area contributed by atoms with Crippen LogP contribution in [0.15, 0.2) is 54.6 Å². The minimum absolute atomic E-state index is 0.216. The standard InChI is InChI=1S/C17H14ClN3OS2/c18-14-8-6-13(7-9-14)16(22)19-17-21-20-15(24-17)11-23-10-12-4-2-1-3-5-12/h1-9H,10-11H2,(H,19,21,22). The Morgan fingerprint density at radius 3 is 2.54 bits per heavy atom. The number of carbonyl (C=O) groups excluding carboxylic acids is 1. The average molecular weight is 376 g/mol. The fraction of sp³-hybridized carbons (Fsp3) is 0.118. The molecule has 0 aliphatic rings. The van der Waals surface area contributed by atoms with Gasteiger partial charge in [-0.2, -0.15) is 0 Å². The molecule has 0 saturated heterocycles. The van der Waals surface area contributed by atoms with Crippen molar-refractivity contribution in [3.8, 4) is 0 Å². The molecule has 122 valence electrons. The summed E-state index contributed by atoms with van der Waals surface area (Å²) in [6, 6.07) is 17.0. The van der Waals surface area contributed by atoms with Gasteiger partial charge in [-0.3, -0.25) is 10.1 Å². The van der Waals surface area contributed by atoms with Crippen LogP contribution in [-0.4, -0.2) is 16.1 Å². The van der Waals surface area contributed by atoms with Crippen LogP contribution in [0.4, 0.5) is 5.13 Å². The quantitative estimate of drug-likeness (QED) is 0.667. The van der Waals surface area contributed by atoms with E-state index in [-0.39, 0.29) is 5.91 Å². The van der Waals surface area contributed by atoms with Crippen molar-refractivity contribution in [1.29, 1.82) is 0 Å². The van der Waals surface area contributed by atoms with Crippen LogP contribution in [0.2, 0.25) is 5.02 Å². The highest BCUT2D eigenvalue weighted by Crippen LogP contribution is 2.23. The minimum atomic E-state index is -0.216. The third-order valence-corrected chi connectivity index (χ3v) is 5.42. The van der Waals surface area contributed by atoms with Gasteiger partial charge in [0.25, 0.3) is 5.91 Å². The molecule has 0 aliphatic heterocycles. The van der Waals surface area contributed by atoms with E-state index >= 15 is 0 Å². The van der Waals surface area contributed by atoms with Crippen molar-refractivity contribution in [3.05, 3.63) is 75.8 Å². The first-order valence-electron chi connectivity index (χ1n) is 7.22. The molecule has 3 rings (SSSR count). The number of carbonyl (C=O) groups is 1. The average Bonchev–Trinajstić information content (AvgIpc) is 3.04. The van der Waals surface area contributed by atoms with Crippen LogP contribution >= 0.6 is 34.7 Å². The van der Waals surface area contributed by atoms with Crippen LogP contribution in [0.1, 0.15) is 20.9 Å². The second-order valence-corrected chi connectivity index (χ2v) is 7.42. The summed E-state index contributed by atoms with van der Waals surface area (Å²) in [5.74, 6) is 1.47. The molecule has 0 spiro atoms. The van der Waals surface area contributed by atoms with Gasteiger partial charge in [-0.1, -0.05) is 53.3 Å². The van der Waals surface area contributed by atoms with Crippen molar-refractivity contribution in [2.75, 3.05) is 5.32 Å². The van der Waals surface area contributed by atoms with Gasteiger partial charge >= 0.3 is 0 Å². The molecule has 0 radical (unpaired) electrons. The van der Waals surface area contributed by atoms with Gasteiger partial charge in [0.05, 0.1) is 0 Å². The van der Waals surface area contributed by atoms with E-state index in [1.807, 2.05) is 18.2 Å². The maximum absolute atomic E-state index is 12.1. The monoisotopic (exact) mass is 375 g/mol. The molecular weight excluding hydrogens is 362 g/mol. The first-order chi connectivity index (χ1) is 11.7. The fourth-order valence-electron chi connectivity index (χ4n) is 1.96. The molecule has 1 N–H and O–H groups in total. The number of nitrogens with zero attached hydrogens (tertiary/aromatic N) is 2. The molecule has 0 saturated carbocycles. The van der Waals surface area contributed by atoms with Gasteiger partial charge in [0.1, 0.15) is 5.01 Å². The lowest BCUT2D eigenvalue weighted by atomic mass is 10.2. The topological polar surface area (TPSA) is 54.9 Å². The van der Waals surface area contributed by atoms with E-state index in [9.17, 15) is 4.79 Å². The second-order valence-electron chi connectivity index (χ2n) is 4.94. The Morgan fingerprint density at radius 1 is 1.04 bits per heavy atom. The molecule has 7 heteroatoms. The molecule has 0 aliphatic carbocycles. The zero-order chi connectivity index (χ0) is 16.8. The van der Waals surface area contributed by atoms with Gasteiger partial charge in [-0.15, -0.1) is 22.0 Å². The van der Waals surface area contributed by atoms with Crippen LogP contribution in [0, 0.1) is 0 Å². The van der Waals surface area contributed by atoms with Gasteiger partial charge in [0.15, 0.2) is 0 Å². The minimum Gasteiger partial charge on any atom is -0.296 e. The number of anilines is 1. The number of nitrogens with one attached hydrogen (secondary N) is 1. The summed E-state index contributed by atoms with van der Waals surface area (Å²) in [4.78, 5) is 12.1. The van der Waals surface area contributed by atoms with E-state index in [1.54, 1.807) is 36.0 Å². The Bertz CT molecular complexity index is 806. The normalized spacial score (nSPS) is 10.5. The number of benzene rings is 2. The number of hydrogen-bond donors (Lipinski definition) is 1. The van der Waals surface area contributed by atoms with E-state index < -0.39 is 0 Å². The summed E-state index contributed by atoms with van der Waals surface area (Å²) in [6.45, 7) is 0. The van der Waals surface area contributed by atoms with E-state index in [2.05, 4.69) is 27.6 Å². The van der Waals surface area contributed by atoms with Crippen molar-refractivity contribution >= 4 is 45.7 Å². The molecule has 4 nitrogen and oxygen atoms in total. The number of hydrogen-bond acceptors (Lipinski definition) is 5. The zero-order valence-electron chi connectivity index (χ0n) is 12.6. The number of thioether (sulfide) groups is 1. The largest absolute Gasteiger partial charge is 0.296 e. The molecular formula is C17H14ClN3OS2. The summed E-state index contributed by atoms with van der Waals surface area (Å²) in [7, 11) is 0. The second kappa shape index (κ2) is 8.28. The fourth-order valence-corrected chi connectivity index (χ4v) is 3.87. The van der Waals surface area contributed by atoms with Crippen LogP contribution in [0.25, 0.3) is 0 Å². The number of halogens is 1. The van der Waals surface area contributed by atoms with Gasteiger partial charge in [-0.25, -0.2) is 0 Å². The predicted molar refractivity (Wildman–Crippen MR) is 101 cm³/mol. The smallest absolute Gasteiger partial charge is 0.257 e. The molecule has 1 amide bonds. The molecule has 1 heterocycles. The molecule has 3 aromatic rings. The number of aromatic nitrogens is 2. The lowest BCUT2D eigenvalue weighted by molar-refractivity contribution is 0.102. The Balaban J connectivity index is 1.51. The molecule has 0 bridgehead atoms. The van der Waals surface area contributed by atoms with Crippen molar-refractivity contribution in [3.63, 3.8) is 0 Å². The highest BCUT2D eigenvalue weighted by Gasteiger charge is 2.10. The Morgan fingerprint density at radius 2 is 1.79 bits per heavy atom. The Hall–Kier alpha value is -1.89. The van der Waals surface area contributed by atoms with Crippen LogP contribution < -0.4 is 5.32 Å². The van der Waals surface area contributed by atoms with E-state index in [4.69, 9.17) is 11.6 Å². The van der Waals surface area contributed by atoms with Gasteiger partial charge < -0.3 is 0 Å². The van der Waals surface area contributed by atoms with Gasteiger partial charge in [-0.05, 0) is 29.8 Å². The maximum atomic E-state index is 12.1. The lowest BCUT2D eigenvalue weighted by Gasteiger charge is -2.00. The number of rotatable bonds is 6. The molecule has 24 heavy (non-hydrogen) atoms. The molecule has 1 aromatic heterocycles. The van der Waals surface area contributed by atoms with E-state index in [0.717, 1.165) is 16.5 Å². The third-order valence-electron chi connectivity index (χ3n) is 3.13. The van der Waals surface area contributed by atoms with Crippen LogP contribution in [0.5, 0.6) is 0 Å². The highest BCUT2D eigenvalue weighted by molar-refractivity contribution is 7.97. The zero-order valence-corrected chi connectivity index (χ0v) is 15.0. The Kier molecular flexibility index (Phi) is 5.85. The third kappa shape index (κ3) is 4.80. The van der Waals surface area contributed by atoms with E-state index in [0.29, 0.717) is 15.7 Å². The van der Waals surface area contributed by atoms with Gasteiger partial charge in [0.2, 0.25) is 5.13 Å². The summed E-state index contributed by atoms with van der Waals surface area (Å²) >= 11 is 8.98. The number of amides is 1. The van der Waals surface area contributed by atoms with Crippen molar-refractivity contribution < 1.29 is 4.79 Å². The summed E-state index contributed by atoms with van der Waals surface area (Å²) in [5.41, 5.74) is 1.82. The summed E-state index contributed by atoms with van der Waals surface area (Å²) < 4.78 is 0. The molecule has 0 unspecified atom stereocenters.